The Kier molecular flexibility index (Phi) is 5.81. The van der Waals surface area contributed by atoms with Gasteiger partial charge in [-0.05, 0) is 66.8 Å². The maximum Gasteiger partial charge on any atom is 0.416 e. The van der Waals surface area contributed by atoms with Crippen LogP contribution in [0.1, 0.15) is 41.1 Å². The lowest BCUT2D eigenvalue weighted by molar-refractivity contribution is -0.137. The molecule has 1 aliphatic heterocycles. The fourth-order valence-corrected chi connectivity index (χ4v) is 4.88. The van der Waals surface area contributed by atoms with Crippen molar-refractivity contribution in [3.05, 3.63) is 100 Å². The van der Waals surface area contributed by atoms with E-state index in [-0.39, 0.29) is 5.92 Å². The molecule has 0 radical (unpaired) electrons. The average Bonchev–Trinajstić information content (AvgIpc) is 3.10. The second kappa shape index (κ2) is 8.80. The van der Waals surface area contributed by atoms with Gasteiger partial charge >= 0.3 is 12.2 Å². The molecule has 174 valence electrons. The molecule has 0 aromatic heterocycles. The second-order valence-corrected chi connectivity index (χ2v) is 8.92. The van der Waals surface area contributed by atoms with Crippen LogP contribution in [0.3, 0.4) is 0 Å². The zero-order valence-corrected chi connectivity index (χ0v) is 18.8. The number of carbonyl (C=O) groups is 1. The molecule has 5 rings (SSSR count). The first-order valence-electron chi connectivity index (χ1n) is 11.0. The number of alkyl halides is 3. The van der Waals surface area contributed by atoms with Gasteiger partial charge in [0.1, 0.15) is 0 Å². The van der Waals surface area contributed by atoms with Crippen LogP contribution in [0.25, 0.3) is 0 Å². The van der Waals surface area contributed by atoms with Crippen molar-refractivity contribution in [2.45, 2.75) is 31.5 Å². The first kappa shape index (κ1) is 22.5. The number of hydrogen-bond donors (Lipinski definition) is 1. The molecule has 2 unspecified atom stereocenters. The monoisotopic (exact) mass is 483 g/mol. The summed E-state index contributed by atoms with van der Waals surface area (Å²) in [5.74, 6) is -0.128. The molecule has 2 amide bonds. The number of urea groups is 1. The molecule has 0 saturated carbocycles. The van der Waals surface area contributed by atoms with Crippen molar-refractivity contribution in [3.8, 4) is 0 Å². The van der Waals surface area contributed by atoms with Crippen LogP contribution in [0.15, 0.2) is 77.9 Å². The SMILES string of the molecule is O=C(Nc1ccc(Cl)cc1)N1N=C2c3ccccc3CCCC2C1c1ccc(C(F)(F)F)cc1. The maximum absolute atomic E-state index is 13.3. The number of hydrazone groups is 1. The van der Waals surface area contributed by atoms with E-state index in [1.165, 1.54) is 17.1 Å². The number of carbonyl (C=O) groups excluding carboxylic acids is 1. The average molecular weight is 484 g/mol. The summed E-state index contributed by atoms with van der Waals surface area (Å²) >= 11 is 5.94. The van der Waals surface area contributed by atoms with Gasteiger partial charge in [-0.15, -0.1) is 0 Å². The highest BCUT2D eigenvalue weighted by Gasteiger charge is 2.43. The number of amides is 2. The normalized spacial score (nSPS) is 19.6. The lowest BCUT2D eigenvalue weighted by Gasteiger charge is -2.27. The van der Waals surface area contributed by atoms with E-state index in [2.05, 4.69) is 11.4 Å². The molecule has 8 heteroatoms. The number of nitrogens with zero attached hydrogens (tertiary/aromatic N) is 2. The van der Waals surface area contributed by atoms with E-state index in [9.17, 15) is 18.0 Å². The Hall–Kier alpha value is -3.32. The summed E-state index contributed by atoms with van der Waals surface area (Å²) < 4.78 is 39.5. The van der Waals surface area contributed by atoms with Gasteiger partial charge < -0.3 is 5.32 Å². The van der Waals surface area contributed by atoms with Gasteiger partial charge in [-0.1, -0.05) is 48.0 Å². The minimum atomic E-state index is -4.43. The fourth-order valence-electron chi connectivity index (χ4n) is 4.75. The van der Waals surface area contributed by atoms with Crippen LogP contribution >= 0.6 is 11.6 Å². The number of fused-ring (bicyclic) bond motifs is 3. The summed E-state index contributed by atoms with van der Waals surface area (Å²) in [6.07, 6.45) is -1.88. The van der Waals surface area contributed by atoms with Gasteiger partial charge in [-0.2, -0.15) is 18.3 Å². The predicted molar refractivity (Wildman–Crippen MR) is 126 cm³/mol. The number of anilines is 1. The highest BCUT2D eigenvalue weighted by atomic mass is 35.5. The van der Waals surface area contributed by atoms with Crippen molar-refractivity contribution < 1.29 is 18.0 Å². The summed E-state index contributed by atoms with van der Waals surface area (Å²) in [4.78, 5) is 13.3. The number of nitrogens with one attached hydrogen (secondary N) is 1. The summed E-state index contributed by atoms with van der Waals surface area (Å²) in [5, 5.41) is 9.50. The van der Waals surface area contributed by atoms with Gasteiger partial charge in [0.2, 0.25) is 0 Å². The molecule has 0 saturated heterocycles. The van der Waals surface area contributed by atoms with Crippen LogP contribution in [0.5, 0.6) is 0 Å². The Bertz CT molecular complexity index is 1240. The Labute approximate surface area is 200 Å². The lowest BCUT2D eigenvalue weighted by Crippen LogP contribution is -2.34. The number of benzene rings is 3. The molecule has 2 atom stereocenters. The molecule has 1 heterocycles. The molecular formula is C26H21ClF3N3O. The molecule has 3 aromatic rings. The Morgan fingerprint density at radius 2 is 1.71 bits per heavy atom. The van der Waals surface area contributed by atoms with E-state index in [0.717, 1.165) is 48.2 Å². The predicted octanol–water partition coefficient (Wildman–Crippen LogP) is 7.30. The number of rotatable bonds is 2. The third kappa shape index (κ3) is 4.28. The molecule has 4 nitrogen and oxygen atoms in total. The summed E-state index contributed by atoms with van der Waals surface area (Å²) in [6.45, 7) is 0. The van der Waals surface area contributed by atoms with Crippen LogP contribution in [0, 0.1) is 5.92 Å². The van der Waals surface area contributed by atoms with Crippen molar-refractivity contribution in [2.75, 3.05) is 5.32 Å². The topological polar surface area (TPSA) is 44.7 Å². The summed E-state index contributed by atoms with van der Waals surface area (Å²) in [7, 11) is 0. The van der Waals surface area contributed by atoms with Gasteiger partial charge in [-0.25, -0.2) is 9.80 Å². The largest absolute Gasteiger partial charge is 0.416 e. The highest BCUT2D eigenvalue weighted by molar-refractivity contribution is 6.30. The molecule has 1 aliphatic carbocycles. The molecule has 1 N–H and O–H groups in total. The Balaban J connectivity index is 1.54. The zero-order valence-electron chi connectivity index (χ0n) is 18.0. The number of hydrogen-bond acceptors (Lipinski definition) is 2. The van der Waals surface area contributed by atoms with E-state index < -0.39 is 23.8 Å². The van der Waals surface area contributed by atoms with E-state index in [1.807, 2.05) is 18.2 Å². The zero-order chi connectivity index (χ0) is 23.9. The Morgan fingerprint density at radius 1 is 1.00 bits per heavy atom. The van der Waals surface area contributed by atoms with Crippen LogP contribution in [0.2, 0.25) is 5.02 Å². The minimum Gasteiger partial charge on any atom is -0.306 e. The van der Waals surface area contributed by atoms with Crippen LogP contribution in [-0.2, 0) is 12.6 Å². The quantitative estimate of drug-likeness (QED) is 0.408. The van der Waals surface area contributed by atoms with Gasteiger partial charge in [0.05, 0.1) is 17.3 Å². The molecule has 2 aliphatic rings. The van der Waals surface area contributed by atoms with Crippen LogP contribution in [-0.4, -0.2) is 16.8 Å². The standard InChI is InChI=1S/C26H21ClF3N3O/c27-19-12-14-20(15-13-19)31-25(34)33-24(17-8-10-18(11-9-17)26(28,29)30)22-7-3-5-16-4-1-2-6-21(16)23(22)32-33/h1-2,4,6,8-15,22,24H,3,5,7H2,(H,31,34). The highest BCUT2D eigenvalue weighted by Crippen LogP contribution is 2.43. The van der Waals surface area contributed by atoms with Crippen molar-refractivity contribution in [1.82, 2.24) is 5.01 Å². The van der Waals surface area contributed by atoms with Gasteiger partial charge in [-0.3, -0.25) is 0 Å². The molecule has 34 heavy (non-hydrogen) atoms. The molecule has 0 fully saturated rings. The molecule has 0 spiro atoms. The number of halogens is 4. The van der Waals surface area contributed by atoms with E-state index in [4.69, 9.17) is 16.7 Å². The molecule has 3 aromatic carbocycles. The molecule has 0 bridgehead atoms. The van der Waals surface area contributed by atoms with Gasteiger partial charge in [0.25, 0.3) is 0 Å². The van der Waals surface area contributed by atoms with Crippen LogP contribution in [0.4, 0.5) is 23.7 Å². The fraction of sp³-hybridized carbons (Fsp3) is 0.231. The third-order valence-electron chi connectivity index (χ3n) is 6.35. The minimum absolute atomic E-state index is 0.128. The lowest BCUT2D eigenvalue weighted by atomic mass is 9.85. The maximum atomic E-state index is 13.3. The van der Waals surface area contributed by atoms with E-state index in [0.29, 0.717) is 16.3 Å². The van der Waals surface area contributed by atoms with Crippen molar-refractivity contribution in [2.24, 2.45) is 11.0 Å². The third-order valence-corrected chi connectivity index (χ3v) is 6.60. The number of aryl methyl sites for hydroxylation is 1. The first-order valence-corrected chi connectivity index (χ1v) is 11.4. The van der Waals surface area contributed by atoms with Crippen molar-refractivity contribution in [1.29, 1.82) is 0 Å². The van der Waals surface area contributed by atoms with Crippen LogP contribution < -0.4 is 5.32 Å². The van der Waals surface area contributed by atoms with Crippen molar-refractivity contribution >= 4 is 29.0 Å². The molecular weight excluding hydrogens is 463 g/mol. The van der Waals surface area contributed by atoms with Crippen molar-refractivity contribution in [3.63, 3.8) is 0 Å². The van der Waals surface area contributed by atoms with E-state index in [1.54, 1.807) is 24.3 Å². The second-order valence-electron chi connectivity index (χ2n) is 8.49. The van der Waals surface area contributed by atoms with E-state index >= 15 is 0 Å². The first-order chi connectivity index (χ1) is 16.3. The summed E-state index contributed by atoms with van der Waals surface area (Å²) in [6, 6.07) is 18.7. The smallest absolute Gasteiger partial charge is 0.306 e. The Morgan fingerprint density at radius 3 is 2.41 bits per heavy atom. The summed E-state index contributed by atoms with van der Waals surface area (Å²) in [5.41, 5.74) is 3.39. The van der Waals surface area contributed by atoms with Gasteiger partial charge in [0.15, 0.2) is 0 Å². The van der Waals surface area contributed by atoms with Gasteiger partial charge in [0, 0.05) is 22.2 Å².